The van der Waals surface area contributed by atoms with Crippen molar-refractivity contribution in [1.82, 2.24) is 20.3 Å². The molecule has 10 heteroatoms. The molecule has 1 aliphatic rings. The lowest BCUT2D eigenvalue weighted by atomic mass is 10.2. The predicted octanol–water partition coefficient (Wildman–Crippen LogP) is 0.871. The third kappa shape index (κ3) is 8.11. The number of hydrogen-bond acceptors (Lipinski definition) is 5. The average molecular weight is 374 g/mol. The molecule has 3 N–H and O–H groups in total. The molecule has 0 unspecified atom stereocenters. The summed E-state index contributed by atoms with van der Waals surface area (Å²) in [5, 5.41) is 9.66. The highest BCUT2D eigenvalue weighted by Gasteiger charge is 2.49. The molecule has 1 rings (SSSR count). The van der Waals surface area contributed by atoms with Crippen molar-refractivity contribution in [1.29, 1.82) is 0 Å². The molecular formula is C14H29F3N4O2S. The van der Waals surface area contributed by atoms with Gasteiger partial charge in [0.05, 0.1) is 0 Å². The highest BCUT2D eigenvalue weighted by Crippen LogP contribution is 2.27. The maximum atomic E-state index is 12.8. The standard InChI is InChI=1S/C14H29F3N4O2S/c15-14(16,17)24(22,23)21-12-3-1-2-6-18-7-4-8-19-10-11-20-9-5-13-21/h18-20H,1-13H2. The Hall–Kier alpha value is -0.420. The number of halogens is 3. The molecule has 1 aliphatic heterocycles. The predicted molar refractivity (Wildman–Crippen MR) is 88.2 cm³/mol. The van der Waals surface area contributed by atoms with Crippen molar-refractivity contribution in [3.05, 3.63) is 0 Å². The van der Waals surface area contributed by atoms with Gasteiger partial charge in [0.25, 0.3) is 0 Å². The Labute approximate surface area is 142 Å². The number of alkyl halides is 3. The summed E-state index contributed by atoms with van der Waals surface area (Å²) in [6.45, 7) is 4.41. The lowest BCUT2D eigenvalue weighted by Crippen LogP contribution is -2.42. The van der Waals surface area contributed by atoms with E-state index in [0.717, 1.165) is 39.0 Å². The van der Waals surface area contributed by atoms with Crippen molar-refractivity contribution in [2.45, 2.75) is 37.6 Å². The molecule has 6 nitrogen and oxygen atoms in total. The normalized spacial score (nSPS) is 22.8. The highest BCUT2D eigenvalue weighted by molar-refractivity contribution is 7.90. The molecule has 24 heavy (non-hydrogen) atoms. The van der Waals surface area contributed by atoms with E-state index >= 15 is 0 Å². The van der Waals surface area contributed by atoms with Crippen LogP contribution in [0, 0.1) is 0 Å². The first-order valence-electron chi connectivity index (χ1n) is 8.54. The molecule has 1 fully saturated rings. The van der Waals surface area contributed by atoms with E-state index in [1.165, 1.54) is 0 Å². The van der Waals surface area contributed by atoms with Crippen molar-refractivity contribution in [2.24, 2.45) is 0 Å². The van der Waals surface area contributed by atoms with Gasteiger partial charge in [-0.1, -0.05) is 6.42 Å². The van der Waals surface area contributed by atoms with Gasteiger partial charge in [-0.25, -0.2) is 8.42 Å². The van der Waals surface area contributed by atoms with Crippen LogP contribution in [0.5, 0.6) is 0 Å². The number of sulfonamides is 1. The molecule has 0 aliphatic carbocycles. The molecule has 0 saturated carbocycles. The summed E-state index contributed by atoms with van der Waals surface area (Å²) in [6, 6.07) is 0. The fourth-order valence-corrected chi connectivity index (χ4v) is 3.52. The maximum Gasteiger partial charge on any atom is 0.511 e. The number of rotatable bonds is 1. The monoisotopic (exact) mass is 374 g/mol. The van der Waals surface area contributed by atoms with Crippen LogP contribution < -0.4 is 16.0 Å². The lowest BCUT2D eigenvalue weighted by molar-refractivity contribution is -0.0489. The van der Waals surface area contributed by atoms with Gasteiger partial charge in [-0.3, -0.25) is 0 Å². The van der Waals surface area contributed by atoms with Crippen LogP contribution >= 0.6 is 0 Å². The average Bonchev–Trinajstić information content (AvgIpc) is 2.50. The Kier molecular flexibility index (Phi) is 10.1. The minimum Gasteiger partial charge on any atom is -0.317 e. The SMILES string of the molecule is O=S(=O)(N1CCCCCNCCCNCCNCCC1)C(F)(F)F. The van der Waals surface area contributed by atoms with Gasteiger partial charge in [0.2, 0.25) is 0 Å². The van der Waals surface area contributed by atoms with Gasteiger partial charge in [-0.2, -0.15) is 17.5 Å². The zero-order valence-electron chi connectivity index (χ0n) is 14.0. The minimum absolute atomic E-state index is 0.0800. The van der Waals surface area contributed by atoms with Crippen LogP contribution in [0.15, 0.2) is 0 Å². The third-order valence-electron chi connectivity index (χ3n) is 3.84. The van der Waals surface area contributed by atoms with Crippen LogP contribution in [-0.4, -0.2) is 70.6 Å². The molecule has 0 aromatic rings. The van der Waals surface area contributed by atoms with Gasteiger partial charge in [0.15, 0.2) is 0 Å². The molecule has 0 radical (unpaired) electrons. The van der Waals surface area contributed by atoms with E-state index in [4.69, 9.17) is 0 Å². The molecule has 0 aromatic heterocycles. The van der Waals surface area contributed by atoms with E-state index in [2.05, 4.69) is 16.0 Å². The number of nitrogens with zero attached hydrogens (tertiary/aromatic N) is 1. The maximum absolute atomic E-state index is 12.8. The summed E-state index contributed by atoms with van der Waals surface area (Å²) in [7, 11) is -5.25. The van der Waals surface area contributed by atoms with Crippen LogP contribution in [-0.2, 0) is 10.0 Å². The first kappa shape index (κ1) is 21.6. The van der Waals surface area contributed by atoms with Crippen molar-refractivity contribution in [3.63, 3.8) is 0 Å². The van der Waals surface area contributed by atoms with Gasteiger partial charge in [-0.15, -0.1) is 0 Å². The van der Waals surface area contributed by atoms with E-state index in [1.54, 1.807) is 0 Å². The van der Waals surface area contributed by atoms with Crippen LogP contribution in [0.25, 0.3) is 0 Å². The van der Waals surface area contributed by atoms with Crippen molar-refractivity contribution < 1.29 is 21.6 Å². The van der Waals surface area contributed by atoms with E-state index < -0.39 is 15.5 Å². The molecule has 0 aromatic carbocycles. The lowest BCUT2D eigenvalue weighted by Gasteiger charge is -2.23. The van der Waals surface area contributed by atoms with Gasteiger partial charge in [-0.05, 0) is 51.9 Å². The second-order valence-corrected chi connectivity index (χ2v) is 7.80. The molecule has 144 valence electrons. The van der Waals surface area contributed by atoms with Gasteiger partial charge < -0.3 is 16.0 Å². The quantitative estimate of drug-likeness (QED) is 0.635. The second kappa shape index (κ2) is 11.2. The van der Waals surface area contributed by atoms with E-state index in [0.29, 0.717) is 36.7 Å². The Morgan fingerprint density at radius 1 is 0.667 bits per heavy atom. The Balaban J connectivity index is 2.56. The fraction of sp³-hybridized carbons (Fsp3) is 1.00. The first-order chi connectivity index (χ1) is 11.4. The molecule has 0 amide bonds. The zero-order valence-corrected chi connectivity index (χ0v) is 14.8. The molecular weight excluding hydrogens is 345 g/mol. The third-order valence-corrected chi connectivity index (χ3v) is 5.47. The topological polar surface area (TPSA) is 73.5 Å². The second-order valence-electron chi connectivity index (χ2n) is 5.87. The molecule has 1 saturated heterocycles. The van der Waals surface area contributed by atoms with E-state index in [1.807, 2.05) is 0 Å². The van der Waals surface area contributed by atoms with Crippen LogP contribution in [0.4, 0.5) is 13.2 Å². The smallest absolute Gasteiger partial charge is 0.317 e. The zero-order chi connectivity index (χ0) is 17.9. The number of hydrogen-bond donors (Lipinski definition) is 3. The van der Waals surface area contributed by atoms with E-state index in [-0.39, 0.29) is 13.1 Å². The Morgan fingerprint density at radius 2 is 1.17 bits per heavy atom. The fourth-order valence-electron chi connectivity index (χ4n) is 2.48. The summed E-state index contributed by atoms with van der Waals surface area (Å²) < 4.78 is 62.2. The van der Waals surface area contributed by atoms with Crippen LogP contribution in [0.3, 0.4) is 0 Å². The molecule has 1 heterocycles. The number of nitrogens with one attached hydrogen (secondary N) is 3. The van der Waals surface area contributed by atoms with Crippen molar-refractivity contribution >= 4 is 10.0 Å². The molecule has 0 bridgehead atoms. The van der Waals surface area contributed by atoms with Crippen molar-refractivity contribution in [3.8, 4) is 0 Å². The van der Waals surface area contributed by atoms with Crippen LogP contribution in [0.2, 0.25) is 0 Å². The minimum atomic E-state index is -5.25. The van der Waals surface area contributed by atoms with Crippen LogP contribution in [0.1, 0.15) is 32.1 Å². The Morgan fingerprint density at radius 3 is 1.79 bits per heavy atom. The van der Waals surface area contributed by atoms with Gasteiger partial charge in [0, 0.05) is 26.2 Å². The largest absolute Gasteiger partial charge is 0.511 e. The van der Waals surface area contributed by atoms with Gasteiger partial charge >= 0.3 is 15.5 Å². The summed E-state index contributed by atoms with van der Waals surface area (Å²) in [4.78, 5) is 0. The van der Waals surface area contributed by atoms with Gasteiger partial charge in [0.1, 0.15) is 0 Å². The van der Waals surface area contributed by atoms with E-state index in [9.17, 15) is 21.6 Å². The first-order valence-corrected chi connectivity index (χ1v) is 9.98. The summed E-state index contributed by atoms with van der Waals surface area (Å²) in [5.74, 6) is 0. The highest BCUT2D eigenvalue weighted by atomic mass is 32.2. The van der Waals surface area contributed by atoms with Crippen molar-refractivity contribution in [2.75, 3.05) is 52.4 Å². The Bertz CT molecular complexity index is 414. The summed E-state index contributed by atoms with van der Waals surface area (Å²) in [5.41, 5.74) is -5.23. The molecule has 0 atom stereocenters. The summed E-state index contributed by atoms with van der Waals surface area (Å²) >= 11 is 0. The molecule has 0 spiro atoms. The summed E-state index contributed by atoms with van der Waals surface area (Å²) in [6.07, 6.45) is 3.35.